The number of nitrogens with zero attached hydrogens (tertiary/aromatic N) is 1. The van der Waals surface area contributed by atoms with Gasteiger partial charge in [0.25, 0.3) is 6.47 Å². The van der Waals surface area contributed by atoms with E-state index in [1.807, 2.05) is 6.92 Å². The number of carbonyl (C=O) groups excluding carboxylic acids is 2. The third-order valence-electron chi connectivity index (χ3n) is 2.64. The van der Waals surface area contributed by atoms with Gasteiger partial charge >= 0.3 is 0 Å². The zero-order chi connectivity index (χ0) is 10.8. The zero-order valence-electron chi connectivity index (χ0n) is 8.53. The summed E-state index contributed by atoms with van der Waals surface area (Å²) in [4.78, 5) is 23.1. The number of hydrogen-bond acceptors (Lipinski definition) is 4. The van der Waals surface area contributed by atoms with Crippen LogP contribution in [0.25, 0.3) is 0 Å². The topological polar surface area (TPSA) is 72.6 Å². The van der Waals surface area contributed by atoms with Crippen molar-refractivity contribution in [2.24, 2.45) is 5.73 Å². The number of hydrogen-bond donors (Lipinski definition) is 1. The van der Waals surface area contributed by atoms with Crippen LogP contribution in [0, 0.1) is 0 Å². The molecule has 5 heteroatoms. The molecule has 0 saturated carbocycles. The molecule has 0 radical (unpaired) electrons. The van der Waals surface area contributed by atoms with Gasteiger partial charge in [-0.3, -0.25) is 15.3 Å². The molecule has 2 N–H and O–H groups in total. The fraction of sp³-hybridized carbons (Fsp3) is 0.778. The van der Waals surface area contributed by atoms with Crippen molar-refractivity contribution in [3.05, 3.63) is 0 Å². The Kier molecular flexibility index (Phi) is 3.10. The molecule has 0 bridgehead atoms. The van der Waals surface area contributed by atoms with Crippen molar-refractivity contribution in [3.8, 4) is 0 Å². The van der Waals surface area contributed by atoms with E-state index in [9.17, 15) is 9.59 Å². The maximum absolute atomic E-state index is 11.2. The molecule has 1 fully saturated rings. The summed E-state index contributed by atoms with van der Waals surface area (Å²) in [6.07, 6.45) is 1.35. The highest BCUT2D eigenvalue weighted by Crippen LogP contribution is 2.24. The van der Waals surface area contributed by atoms with Gasteiger partial charge in [-0.2, -0.15) is 0 Å². The molecule has 0 aromatic carbocycles. The van der Waals surface area contributed by atoms with Gasteiger partial charge in [0.05, 0.1) is 6.54 Å². The van der Waals surface area contributed by atoms with Crippen LogP contribution in [0.1, 0.15) is 26.7 Å². The predicted octanol–water partition coefficient (Wildman–Crippen LogP) is -0.155. The predicted molar refractivity (Wildman–Crippen MR) is 50.2 cm³/mol. The first-order valence-corrected chi connectivity index (χ1v) is 4.66. The van der Waals surface area contributed by atoms with Crippen molar-refractivity contribution in [2.75, 3.05) is 6.54 Å². The second-order valence-electron chi connectivity index (χ2n) is 3.81. The van der Waals surface area contributed by atoms with Crippen LogP contribution in [0.2, 0.25) is 0 Å². The fourth-order valence-electron chi connectivity index (χ4n) is 1.75. The van der Waals surface area contributed by atoms with Crippen LogP contribution in [0.4, 0.5) is 0 Å². The van der Waals surface area contributed by atoms with Crippen molar-refractivity contribution in [2.45, 2.75) is 38.5 Å². The molecule has 0 spiro atoms. The second kappa shape index (κ2) is 3.96. The lowest BCUT2D eigenvalue weighted by atomic mass is 9.96. The van der Waals surface area contributed by atoms with Gasteiger partial charge in [0.1, 0.15) is 0 Å². The van der Waals surface area contributed by atoms with E-state index in [4.69, 9.17) is 10.5 Å². The average molecular weight is 200 g/mol. The van der Waals surface area contributed by atoms with Gasteiger partial charge in [0.2, 0.25) is 5.91 Å². The summed E-state index contributed by atoms with van der Waals surface area (Å²) < 4.78 is 4.80. The Bertz CT molecular complexity index is 244. The Morgan fingerprint density at radius 2 is 2.36 bits per heavy atom. The summed E-state index contributed by atoms with van der Waals surface area (Å²) in [5.74, 6) is -0.0403. The second-order valence-corrected chi connectivity index (χ2v) is 3.81. The van der Waals surface area contributed by atoms with E-state index in [0.29, 0.717) is 12.9 Å². The Hall–Kier alpha value is -1.10. The molecule has 2 atom stereocenters. The molecule has 1 saturated heterocycles. The van der Waals surface area contributed by atoms with E-state index >= 15 is 0 Å². The van der Waals surface area contributed by atoms with Crippen molar-refractivity contribution in [1.29, 1.82) is 0 Å². The SMILES string of the molecule is CC(=O)N1C[C@@](N)(OC=O)CCC1C. The highest BCUT2D eigenvalue weighted by Gasteiger charge is 2.37. The van der Waals surface area contributed by atoms with Gasteiger partial charge in [-0.15, -0.1) is 0 Å². The largest absolute Gasteiger partial charge is 0.444 e. The first-order chi connectivity index (χ1) is 6.48. The summed E-state index contributed by atoms with van der Waals surface area (Å²) in [6, 6.07) is 0.166. The molecule has 1 unspecified atom stereocenters. The van der Waals surface area contributed by atoms with Crippen LogP contribution in [0.15, 0.2) is 0 Å². The summed E-state index contributed by atoms with van der Waals surface area (Å²) in [7, 11) is 0. The molecule has 1 aliphatic heterocycles. The Balaban J connectivity index is 2.69. The highest BCUT2D eigenvalue weighted by molar-refractivity contribution is 5.73. The number of piperidine rings is 1. The van der Waals surface area contributed by atoms with E-state index in [1.54, 1.807) is 4.90 Å². The van der Waals surface area contributed by atoms with E-state index in [1.165, 1.54) is 6.92 Å². The maximum Gasteiger partial charge on any atom is 0.294 e. The molecular formula is C9H16N2O3. The minimum atomic E-state index is -1.00. The fourth-order valence-corrected chi connectivity index (χ4v) is 1.75. The van der Waals surface area contributed by atoms with Crippen molar-refractivity contribution >= 4 is 12.4 Å². The first-order valence-electron chi connectivity index (χ1n) is 4.66. The molecule has 1 amide bonds. The first kappa shape index (κ1) is 11.0. The van der Waals surface area contributed by atoms with Crippen molar-refractivity contribution in [1.82, 2.24) is 4.90 Å². The number of carbonyl (C=O) groups is 2. The van der Waals surface area contributed by atoms with Gasteiger partial charge in [-0.05, 0) is 13.3 Å². The lowest BCUT2D eigenvalue weighted by Gasteiger charge is -2.42. The van der Waals surface area contributed by atoms with Crippen LogP contribution < -0.4 is 5.73 Å². The third kappa shape index (κ3) is 2.23. The van der Waals surface area contributed by atoms with E-state index in [0.717, 1.165) is 6.42 Å². The van der Waals surface area contributed by atoms with Crippen LogP contribution in [0.3, 0.4) is 0 Å². The van der Waals surface area contributed by atoms with Gasteiger partial charge in [0, 0.05) is 19.4 Å². The quantitative estimate of drug-likeness (QED) is 0.497. The van der Waals surface area contributed by atoms with Crippen LogP contribution in [0.5, 0.6) is 0 Å². The Morgan fingerprint density at radius 3 is 2.86 bits per heavy atom. The number of likely N-dealkylation sites (tertiary alicyclic amines) is 1. The van der Waals surface area contributed by atoms with Gasteiger partial charge in [0.15, 0.2) is 5.72 Å². The van der Waals surface area contributed by atoms with Crippen LogP contribution in [-0.4, -0.2) is 35.6 Å². The lowest BCUT2D eigenvalue weighted by molar-refractivity contribution is -0.157. The van der Waals surface area contributed by atoms with Crippen LogP contribution >= 0.6 is 0 Å². The number of nitrogens with two attached hydrogens (primary N) is 1. The Morgan fingerprint density at radius 1 is 1.71 bits per heavy atom. The van der Waals surface area contributed by atoms with Gasteiger partial charge in [-0.1, -0.05) is 0 Å². The van der Waals surface area contributed by atoms with Crippen LogP contribution in [-0.2, 0) is 14.3 Å². The summed E-state index contributed by atoms with van der Waals surface area (Å²) in [5.41, 5.74) is 4.81. The smallest absolute Gasteiger partial charge is 0.294 e. The number of rotatable bonds is 2. The molecule has 1 heterocycles. The summed E-state index contributed by atoms with van der Waals surface area (Å²) >= 11 is 0. The molecule has 14 heavy (non-hydrogen) atoms. The van der Waals surface area contributed by atoms with Gasteiger partial charge in [-0.25, -0.2) is 0 Å². The molecule has 80 valence electrons. The minimum Gasteiger partial charge on any atom is -0.444 e. The lowest BCUT2D eigenvalue weighted by Crippen LogP contribution is -2.59. The third-order valence-corrected chi connectivity index (χ3v) is 2.64. The molecule has 0 aliphatic carbocycles. The highest BCUT2D eigenvalue weighted by atomic mass is 16.5. The van der Waals surface area contributed by atoms with Crippen molar-refractivity contribution in [3.63, 3.8) is 0 Å². The minimum absolute atomic E-state index is 0.0403. The van der Waals surface area contributed by atoms with E-state index < -0.39 is 5.72 Å². The maximum atomic E-state index is 11.2. The molecule has 1 aliphatic rings. The molecule has 0 aromatic rings. The van der Waals surface area contributed by atoms with E-state index in [-0.39, 0.29) is 18.5 Å². The normalized spacial score (nSPS) is 32.5. The molecule has 0 aromatic heterocycles. The molecular weight excluding hydrogens is 184 g/mol. The monoisotopic (exact) mass is 200 g/mol. The number of amides is 1. The van der Waals surface area contributed by atoms with Crippen molar-refractivity contribution < 1.29 is 14.3 Å². The summed E-state index contributed by atoms with van der Waals surface area (Å²) in [6.45, 7) is 4.07. The number of ether oxygens (including phenoxy) is 1. The summed E-state index contributed by atoms with van der Waals surface area (Å²) in [5, 5.41) is 0. The average Bonchev–Trinajstić information content (AvgIpc) is 2.10. The van der Waals surface area contributed by atoms with Gasteiger partial charge < -0.3 is 9.64 Å². The molecule has 1 rings (SSSR count). The zero-order valence-corrected chi connectivity index (χ0v) is 8.53. The molecule has 5 nitrogen and oxygen atoms in total. The van der Waals surface area contributed by atoms with E-state index in [2.05, 4.69) is 0 Å². The Labute approximate surface area is 83.2 Å². The standard InChI is InChI=1S/C9H16N2O3/c1-7-3-4-9(10,14-6-12)5-11(7)8(2)13/h6-7H,3-5,10H2,1-2H3/t7?,9-/m0/s1.